The molecule has 0 bridgehead atoms. The minimum atomic E-state index is -3.32. The second-order valence-corrected chi connectivity index (χ2v) is 7.18. The van der Waals surface area contributed by atoms with E-state index >= 15 is 0 Å². The molecule has 0 atom stereocenters. The number of hydrogen-bond acceptors (Lipinski definition) is 3. The molecule has 1 saturated heterocycles. The maximum Gasteiger partial charge on any atom is 0.243 e. The number of benzene rings is 1. The summed E-state index contributed by atoms with van der Waals surface area (Å²) in [4.78, 5) is 0.398. The maximum absolute atomic E-state index is 12.5. The van der Waals surface area contributed by atoms with E-state index in [-0.39, 0.29) is 12.4 Å². The van der Waals surface area contributed by atoms with Crippen molar-refractivity contribution in [2.45, 2.75) is 31.1 Å². The fraction of sp³-hybridized carbons (Fsp3) is 0.571. The first kappa shape index (κ1) is 17.4. The summed E-state index contributed by atoms with van der Waals surface area (Å²) < 4.78 is 26.5. The maximum atomic E-state index is 12.5. The number of hydrogen-bond donors (Lipinski definition) is 1. The SMILES string of the molecule is Cc1ccc(S(=O)(=O)N2CCC(CCN)CC2)cc1.Cl. The zero-order valence-corrected chi connectivity index (χ0v) is 13.4. The van der Waals surface area contributed by atoms with Gasteiger partial charge in [0.1, 0.15) is 0 Å². The zero-order chi connectivity index (χ0) is 13.9. The molecule has 0 radical (unpaired) electrons. The molecular weight excluding hydrogens is 296 g/mol. The first-order chi connectivity index (χ1) is 9.04. The van der Waals surface area contributed by atoms with E-state index in [1.54, 1.807) is 16.4 Å². The summed E-state index contributed by atoms with van der Waals surface area (Å²) in [6.07, 6.45) is 2.84. The van der Waals surface area contributed by atoms with Crippen LogP contribution in [0.5, 0.6) is 0 Å². The minimum Gasteiger partial charge on any atom is -0.330 e. The van der Waals surface area contributed by atoms with Gasteiger partial charge in [0.15, 0.2) is 0 Å². The Bertz CT molecular complexity index is 508. The van der Waals surface area contributed by atoms with Crippen LogP contribution < -0.4 is 5.73 Å². The smallest absolute Gasteiger partial charge is 0.243 e. The molecule has 4 nitrogen and oxygen atoms in total. The number of halogens is 1. The molecule has 0 spiro atoms. The molecule has 1 aromatic carbocycles. The Labute approximate surface area is 127 Å². The van der Waals surface area contributed by atoms with E-state index in [1.807, 2.05) is 19.1 Å². The van der Waals surface area contributed by atoms with Gasteiger partial charge in [-0.1, -0.05) is 17.7 Å². The predicted octanol–water partition coefficient (Wildman–Crippen LogP) is 2.17. The largest absolute Gasteiger partial charge is 0.330 e. The minimum absolute atomic E-state index is 0. The normalized spacial score (nSPS) is 17.7. The van der Waals surface area contributed by atoms with Crippen molar-refractivity contribution in [3.63, 3.8) is 0 Å². The number of nitrogens with zero attached hydrogens (tertiary/aromatic N) is 1. The van der Waals surface area contributed by atoms with Crippen LogP contribution in [-0.2, 0) is 10.0 Å². The molecule has 1 aromatic rings. The van der Waals surface area contributed by atoms with Crippen molar-refractivity contribution in [1.82, 2.24) is 4.31 Å². The number of nitrogens with two attached hydrogens (primary N) is 1. The van der Waals surface area contributed by atoms with Gasteiger partial charge in [-0.2, -0.15) is 4.31 Å². The molecule has 0 saturated carbocycles. The fourth-order valence-corrected chi connectivity index (χ4v) is 4.00. The van der Waals surface area contributed by atoms with Crippen LogP contribution in [0.3, 0.4) is 0 Å². The number of sulfonamides is 1. The van der Waals surface area contributed by atoms with Gasteiger partial charge >= 0.3 is 0 Å². The highest BCUT2D eigenvalue weighted by atomic mass is 35.5. The van der Waals surface area contributed by atoms with Crippen LogP contribution in [0.15, 0.2) is 29.2 Å². The van der Waals surface area contributed by atoms with Gasteiger partial charge in [0.25, 0.3) is 0 Å². The van der Waals surface area contributed by atoms with Crippen molar-refractivity contribution in [3.8, 4) is 0 Å². The highest BCUT2D eigenvalue weighted by molar-refractivity contribution is 7.89. The topological polar surface area (TPSA) is 63.4 Å². The van der Waals surface area contributed by atoms with Crippen LogP contribution in [0.4, 0.5) is 0 Å². The Balaban J connectivity index is 0.00000200. The molecular formula is C14H23ClN2O2S. The van der Waals surface area contributed by atoms with E-state index in [1.165, 1.54) is 0 Å². The van der Waals surface area contributed by atoms with Gasteiger partial charge in [0.05, 0.1) is 4.90 Å². The molecule has 0 unspecified atom stereocenters. The summed E-state index contributed by atoms with van der Waals surface area (Å²) in [5.41, 5.74) is 6.62. The van der Waals surface area contributed by atoms with Crippen molar-refractivity contribution in [1.29, 1.82) is 0 Å². The third kappa shape index (κ3) is 3.95. The van der Waals surface area contributed by atoms with Gasteiger partial charge in [-0.25, -0.2) is 8.42 Å². The van der Waals surface area contributed by atoms with Crippen LogP contribution in [0, 0.1) is 12.8 Å². The van der Waals surface area contributed by atoms with Crippen LogP contribution >= 0.6 is 12.4 Å². The Morgan fingerprint density at radius 3 is 2.25 bits per heavy atom. The molecule has 20 heavy (non-hydrogen) atoms. The molecule has 1 fully saturated rings. The monoisotopic (exact) mass is 318 g/mol. The lowest BCUT2D eigenvalue weighted by Crippen LogP contribution is -2.38. The van der Waals surface area contributed by atoms with Gasteiger partial charge in [0.2, 0.25) is 10.0 Å². The second kappa shape index (κ2) is 7.41. The third-order valence-corrected chi connectivity index (χ3v) is 5.72. The Kier molecular flexibility index (Phi) is 6.45. The fourth-order valence-electron chi connectivity index (χ4n) is 2.53. The van der Waals surface area contributed by atoms with Gasteiger partial charge in [-0.05, 0) is 50.8 Å². The average molecular weight is 319 g/mol. The summed E-state index contributed by atoms with van der Waals surface area (Å²) in [5, 5.41) is 0. The molecule has 0 aromatic heterocycles. The Morgan fingerprint density at radius 2 is 1.75 bits per heavy atom. The van der Waals surface area contributed by atoms with Crippen molar-refractivity contribution >= 4 is 22.4 Å². The van der Waals surface area contributed by atoms with Crippen LogP contribution in [-0.4, -0.2) is 32.4 Å². The standard InChI is InChI=1S/C14H22N2O2S.ClH/c1-12-2-4-14(5-3-12)19(17,18)16-10-7-13(6-9-15)8-11-16;/h2-5,13H,6-11,15H2,1H3;1H. The number of rotatable bonds is 4. The van der Waals surface area contributed by atoms with Gasteiger partial charge in [-0.3, -0.25) is 0 Å². The summed E-state index contributed by atoms with van der Waals surface area (Å²) in [6.45, 7) is 3.87. The molecule has 1 heterocycles. The van der Waals surface area contributed by atoms with E-state index in [2.05, 4.69) is 0 Å². The van der Waals surface area contributed by atoms with E-state index in [0.717, 1.165) is 24.8 Å². The Hall–Kier alpha value is -0.620. The van der Waals surface area contributed by atoms with Crippen molar-refractivity contribution in [2.75, 3.05) is 19.6 Å². The second-order valence-electron chi connectivity index (χ2n) is 5.24. The highest BCUT2D eigenvalue weighted by Crippen LogP contribution is 2.25. The first-order valence-electron chi connectivity index (χ1n) is 6.81. The van der Waals surface area contributed by atoms with E-state index in [0.29, 0.717) is 30.4 Å². The molecule has 1 aliphatic heterocycles. The first-order valence-corrected chi connectivity index (χ1v) is 8.25. The van der Waals surface area contributed by atoms with E-state index in [9.17, 15) is 8.42 Å². The number of piperidine rings is 1. The van der Waals surface area contributed by atoms with E-state index in [4.69, 9.17) is 5.73 Å². The molecule has 114 valence electrons. The summed E-state index contributed by atoms with van der Waals surface area (Å²) in [7, 11) is -3.32. The third-order valence-electron chi connectivity index (χ3n) is 3.81. The quantitative estimate of drug-likeness (QED) is 0.925. The van der Waals surface area contributed by atoms with Gasteiger partial charge in [0, 0.05) is 13.1 Å². The predicted molar refractivity (Wildman–Crippen MR) is 83.6 cm³/mol. The molecule has 0 aliphatic carbocycles. The van der Waals surface area contributed by atoms with E-state index < -0.39 is 10.0 Å². The summed E-state index contributed by atoms with van der Waals surface area (Å²) in [6, 6.07) is 7.06. The number of aryl methyl sites for hydroxylation is 1. The van der Waals surface area contributed by atoms with Crippen LogP contribution in [0.25, 0.3) is 0 Å². The van der Waals surface area contributed by atoms with Crippen molar-refractivity contribution in [2.24, 2.45) is 11.7 Å². The van der Waals surface area contributed by atoms with Gasteiger partial charge in [-0.15, -0.1) is 12.4 Å². The molecule has 0 amide bonds. The molecule has 6 heteroatoms. The lowest BCUT2D eigenvalue weighted by Gasteiger charge is -2.31. The lowest BCUT2D eigenvalue weighted by atomic mass is 9.95. The van der Waals surface area contributed by atoms with Crippen LogP contribution in [0.1, 0.15) is 24.8 Å². The Morgan fingerprint density at radius 1 is 1.20 bits per heavy atom. The summed E-state index contributed by atoms with van der Waals surface area (Å²) in [5.74, 6) is 0.578. The average Bonchev–Trinajstić information content (AvgIpc) is 2.40. The highest BCUT2D eigenvalue weighted by Gasteiger charge is 2.28. The van der Waals surface area contributed by atoms with Gasteiger partial charge < -0.3 is 5.73 Å². The molecule has 2 rings (SSSR count). The molecule has 1 aliphatic rings. The van der Waals surface area contributed by atoms with Crippen LogP contribution in [0.2, 0.25) is 0 Å². The zero-order valence-electron chi connectivity index (χ0n) is 11.8. The summed E-state index contributed by atoms with van der Waals surface area (Å²) >= 11 is 0. The lowest BCUT2D eigenvalue weighted by molar-refractivity contribution is 0.266. The van der Waals surface area contributed by atoms with Crippen molar-refractivity contribution in [3.05, 3.63) is 29.8 Å². The van der Waals surface area contributed by atoms with Crippen molar-refractivity contribution < 1.29 is 8.42 Å². The molecule has 2 N–H and O–H groups in total.